The van der Waals surface area contributed by atoms with Gasteiger partial charge in [0, 0.05) is 11.6 Å². The van der Waals surface area contributed by atoms with Crippen molar-refractivity contribution in [3.05, 3.63) is 63.7 Å². The van der Waals surface area contributed by atoms with Crippen LogP contribution in [0.15, 0.2) is 47.6 Å². The standard InChI is InChI=1S/C20H23N3O5/c1-4-14(2)16-6-8-17(9-7-16)28-13-20(24)22-21-12-15-5-10-19(27-3)18(11-15)23(25)26/h5-12,14H,4,13H2,1-3H3,(H,22,24)/b21-12+/t14-/m1/s1. The molecule has 0 radical (unpaired) electrons. The largest absolute Gasteiger partial charge is 0.490 e. The van der Waals surface area contributed by atoms with Crippen LogP contribution >= 0.6 is 0 Å². The van der Waals surface area contributed by atoms with E-state index in [1.807, 2.05) is 24.3 Å². The lowest BCUT2D eigenvalue weighted by molar-refractivity contribution is -0.385. The van der Waals surface area contributed by atoms with Crippen LogP contribution < -0.4 is 14.9 Å². The van der Waals surface area contributed by atoms with E-state index in [1.165, 1.54) is 31.0 Å². The minimum atomic E-state index is -0.547. The summed E-state index contributed by atoms with van der Waals surface area (Å²) < 4.78 is 10.4. The number of nitrogens with one attached hydrogen (secondary N) is 1. The lowest BCUT2D eigenvalue weighted by atomic mass is 9.99. The number of hydrogen-bond donors (Lipinski definition) is 1. The number of ether oxygens (including phenoxy) is 2. The summed E-state index contributed by atoms with van der Waals surface area (Å²) in [7, 11) is 1.36. The minimum absolute atomic E-state index is 0.152. The van der Waals surface area contributed by atoms with Gasteiger partial charge in [-0.2, -0.15) is 5.10 Å². The number of hydrogen-bond acceptors (Lipinski definition) is 6. The van der Waals surface area contributed by atoms with E-state index < -0.39 is 10.8 Å². The molecule has 8 heteroatoms. The average molecular weight is 385 g/mol. The highest BCUT2D eigenvalue weighted by atomic mass is 16.6. The Balaban J connectivity index is 1.87. The van der Waals surface area contributed by atoms with Crippen LogP contribution in [0, 0.1) is 10.1 Å². The van der Waals surface area contributed by atoms with Crippen molar-refractivity contribution in [3.8, 4) is 11.5 Å². The Morgan fingerprint density at radius 1 is 1.29 bits per heavy atom. The summed E-state index contributed by atoms with van der Waals surface area (Å²) in [5.41, 5.74) is 3.82. The van der Waals surface area contributed by atoms with Gasteiger partial charge in [-0.05, 0) is 42.2 Å². The molecule has 0 saturated heterocycles. The van der Waals surface area contributed by atoms with Crippen LogP contribution in [-0.4, -0.2) is 30.8 Å². The van der Waals surface area contributed by atoms with Gasteiger partial charge in [-0.3, -0.25) is 14.9 Å². The Morgan fingerprint density at radius 3 is 2.61 bits per heavy atom. The molecule has 0 unspecified atom stereocenters. The highest BCUT2D eigenvalue weighted by Gasteiger charge is 2.14. The normalized spacial score (nSPS) is 11.8. The number of carbonyl (C=O) groups is 1. The van der Waals surface area contributed by atoms with E-state index in [-0.39, 0.29) is 18.0 Å². The minimum Gasteiger partial charge on any atom is -0.490 e. The third kappa shape index (κ3) is 5.80. The maximum Gasteiger partial charge on any atom is 0.311 e. The second-order valence-electron chi connectivity index (χ2n) is 6.15. The molecule has 0 fully saturated rings. The Morgan fingerprint density at radius 2 is 2.00 bits per heavy atom. The zero-order valence-electron chi connectivity index (χ0n) is 16.0. The van der Waals surface area contributed by atoms with Gasteiger partial charge >= 0.3 is 5.69 Å². The zero-order valence-corrected chi connectivity index (χ0v) is 16.0. The fourth-order valence-corrected chi connectivity index (χ4v) is 2.42. The number of benzene rings is 2. The van der Waals surface area contributed by atoms with Crippen molar-refractivity contribution >= 4 is 17.8 Å². The number of hydrazone groups is 1. The predicted molar refractivity (Wildman–Crippen MR) is 106 cm³/mol. The van der Waals surface area contributed by atoms with Gasteiger partial charge in [0.05, 0.1) is 18.2 Å². The van der Waals surface area contributed by atoms with E-state index in [4.69, 9.17) is 9.47 Å². The molecule has 2 aromatic rings. The molecule has 1 N–H and O–H groups in total. The van der Waals surface area contributed by atoms with Gasteiger partial charge in [-0.15, -0.1) is 0 Å². The Bertz CT molecular complexity index is 849. The van der Waals surface area contributed by atoms with E-state index in [2.05, 4.69) is 24.4 Å². The van der Waals surface area contributed by atoms with Crippen molar-refractivity contribution in [2.75, 3.05) is 13.7 Å². The molecule has 148 valence electrons. The second kappa shape index (κ2) is 10.1. The molecule has 0 aliphatic carbocycles. The van der Waals surface area contributed by atoms with Crippen LogP contribution in [0.5, 0.6) is 11.5 Å². The van der Waals surface area contributed by atoms with Gasteiger partial charge in [0.15, 0.2) is 12.4 Å². The van der Waals surface area contributed by atoms with Crippen molar-refractivity contribution < 1.29 is 19.2 Å². The Hall–Kier alpha value is -3.42. The van der Waals surface area contributed by atoms with Gasteiger partial charge in [-0.1, -0.05) is 26.0 Å². The van der Waals surface area contributed by atoms with Crippen LogP contribution in [0.1, 0.15) is 37.3 Å². The fourth-order valence-electron chi connectivity index (χ4n) is 2.42. The zero-order chi connectivity index (χ0) is 20.5. The number of carbonyl (C=O) groups excluding carboxylic acids is 1. The molecule has 2 aromatic carbocycles. The maximum atomic E-state index is 11.8. The molecule has 0 aromatic heterocycles. The quantitative estimate of drug-likeness (QED) is 0.403. The summed E-state index contributed by atoms with van der Waals surface area (Å²) in [6.07, 6.45) is 2.36. The predicted octanol–water partition coefficient (Wildman–Crippen LogP) is 3.65. The van der Waals surface area contributed by atoms with Gasteiger partial charge < -0.3 is 9.47 Å². The highest BCUT2D eigenvalue weighted by molar-refractivity contribution is 5.84. The third-order valence-corrected chi connectivity index (χ3v) is 4.23. The van der Waals surface area contributed by atoms with E-state index >= 15 is 0 Å². The van der Waals surface area contributed by atoms with Crippen LogP contribution in [0.25, 0.3) is 0 Å². The summed E-state index contributed by atoms with van der Waals surface area (Å²) >= 11 is 0. The lowest BCUT2D eigenvalue weighted by Gasteiger charge is -2.10. The maximum absolute atomic E-state index is 11.8. The van der Waals surface area contributed by atoms with Gasteiger partial charge in [-0.25, -0.2) is 5.43 Å². The highest BCUT2D eigenvalue weighted by Crippen LogP contribution is 2.26. The Labute approximate surface area is 163 Å². The number of nitro groups is 1. The van der Waals surface area contributed by atoms with Crippen molar-refractivity contribution in [2.45, 2.75) is 26.2 Å². The van der Waals surface area contributed by atoms with Crippen molar-refractivity contribution in [2.24, 2.45) is 5.10 Å². The first-order valence-electron chi connectivity index (χ1n) is 8.81. The summed E-state index contributed by atoms with van der Waals surface area (Å²) in [5, 5.41) is 14.8. The average Bonchev–Trinajstić information content (AvgIpc) is 2.71. The summed E-state index contributed by atoms with van der Waals surface area (Å²) in [5.74, 6) is 0.779. The molecule has 0 aliphatic rings. The molecule has 8 nitrogen and oxygen atoms in total. The molecule has 28 heavy (non-hydrogen) atoms. The van der Waals surface area contributed by atoms with E-state index in [1.54, 1.807) is 6.07 Å². The van der Waals surface area contributed by atoms with Crippen molar-refractivity contribution in [1.82, 2.24) is 5.43 Å². The number of nitro benzene ring substituents is 1. The Kier molecular flexibility index (Phi) is 7.50. The van der Waals surface area contributed by atoms with Gasteiger partial charge in [0.1, 0.15) is 5.75 Å². The van der Waals surface area contributed by atoms with Crippen molar-refractivity contribution in [1.29, 1.82) is 0 Å². The topological polar surface area (TPSA) is 103 Å². The van der Waals surface area contributed by atoms with Crippen LogP contribution in [0.3, 0.4) is 0 Å². The van der Waals surface area contributed by atoms with Crippen LogP contribution in [0.2, 0.25) is 0 Å². The van der Waals surface area contributed by atoms with E-state index in [0.29, 0.717) is 17.2 Å². The molecule has 1 amide bonds. The monoisotopic (exact) mass is 385 g/mol. The molecule has 0 aliphatic heterocycles. The molecule has 0 saturated carbocycles. The first-order chi connectivity index (χ1) is 13.4. The lowest BCUT2D eigenvalue weighted by Crippen LogP contribution is -2.24. The summed E-state index contributed by atoms with van der Waals surface area (Å²) in [6, 6.07) is 12.0. The van der Waals surface area contributed by atoms with Crippen LogP contribution in [0.4, 0.5) is 5.69 Å². The summed E-state index contributed by atoms with van der Waals surface area (Å²) in [4.78, 5) is 22.3. The molecular weight excluding hydrogens is 362 g/mol. The fraction of sp³-hybridized carbons (Fsp3) is 0.300. The SMILES string of the molecule is CC[C@@H](C)c1ccc(OCC(=O)N/N=C/c2ccc(OC)c([N+](=O)[O-])c2)cc1. The third-order valence-electron chi connectivity index (χ3n) is 4.23. The molecule has 2 rings (SSSR count). The number of nitrogens with zero attached hydrogens (tertiary/aromatic N) is 2. The van der Waals surface area contributed by atoms with Gasteiger partial charge in [0.25, 0.3) is 5.91 Å². The molecule has 0 bridgehead atoms. The van der Waals surface area contributed by atoms with Crippen molar-refractivity contribution in [3.63, 3.8) is 0 Å². The summed E-state index contributed by atoms with van der Waals surface area (Å²) in [6.45, 7) is 4.09. The van der Waals surface area contributed by atoms with E-state index in [9.17, 15) is 14.9 Å². The number of amides is 1. The smallest absolute Gasteiger partial charge is 0.311 e. The first kappa shape index (κ1) is 20.9. The van der Waals surface area contributed by atoms with E-state index in [0.717, 1.165) is 6.42 Å². The molecule has 1 atom stereocenters. The molecular formula is C20H23N3O5. The molecule has 0 heterocycles. The van der Waals surface area contributed by atoms with Gasteiger partial charge in [0.2, 0.25) is 0 Å². The van der Waals surface area contributed by atoms with Crippen LogP contribution in [-0.2, 0) is 4.79 Å². The molecule has 0 spiro atoms. The second-order valence-corrected chi connectivity index (χ2v) is 6.15. The number of rotatable bonds is 9. The number of methoxy groups -OCH3 is 1. The first-order valence-corrected chi connectivity index (χ1v) is 8.81.